The van der Waals surface area contributed by atoms with Gasteiger partial charge in [0.2, 0.25) is 5.78 Å². The monoisotopic (exact) mass is 323 g/mol. The summed E-state index contributed by atoms with van der Waals surface area (Å²) >= 11 is 12.0. The van der Waals surface area contributed by atoms with Gasteiger partial charge in [-0.15, -0.1) is 0 Å². The third-order valence-electron chi connectivity index (χ3n) is 2.78. The Kier molecular flexibility index (Phi) is 4.70. The fourth-order valence-corrected chi connectivity index (χ4v) is 2.35. The SMILES string of the molecule is Cc1cn(C(=CN(C)C)C(=O)c2ccc(Cl)cc2Cl)cn1. The summed E-state index contributed by atoms with van der Waals surface area (Å²) in [4.78, 5) is 18.7. The number of nitrogens with zero attached hydrogens (tertiary/aromatic N) is 3. The molecule has 1 heterocycles. The van der Waals surface area contributed by atoms with Crippen LogP contribution in [-0.2, 0) is 0 Å². The number of rotatable bonds is 4. The smallest absolute Gasteiger partial charge is 0.212 e. The molecule has 0 fully saturated rings. The summed E-state index contributed by atoms with van der Waals surface area (Å²) < 4.78 is 1.68. The molecule has 0 radical (unpaired) electrons. The molecule has 21 heavy (non-hydrogen) atoms. The second-order valence-corrected chi connectivity index (χ2v) is 5.70. The van der Waals surface area contributed by atoms with Gasteiger partial charge in [0.1, 0.15) is 5.70 Å². The van der Waals surface area contributed by atoms with E-state index in [0.29, 0.717) is 21.3 Å². The van der Waals surface area contributed by atoms with Crippen LogP contribution in [0.5, 0.6) is 0 Å². The van der Waals surface area contributed by atoms with Gasteiger partial charge in [-0.2, -0.15) is 0 Å². The van der Waals surface area contributed by atoms with Crippen molar-refractivity contribution in [3.8, 4) is 0 Å². The van der Waals surface area contributed by atoms with E-state index < -0.39 is 0 Å². The fourth-order valence-electron chi connectivity index (χ4n) is 1.85. The van der Waals surface area contributed by atoms with E-state index in [2.05, 4.69) is 4.98 Å². The summed E-state index contributed by atoms with van der Waals surface area (Å²) in [5.41, 5.74) is 1.69. The average Bonchev–Trinajstić information content (AvgIpc) is 2.81. The molecule has 0 N–H and O–H groups in total. The first-order chi connectivity index (χ1) is 9.88. The zero-order valence-electron chi connectivity index (χ0n) is 12.0. The Bertz CT molecular complexity index is 705. The molecular formula is C15H15Cl2N3O. The maximum Gasteiger partial charge on any atom is 0.212 e. The van der Waals surface area contributed by atoms with Gasteiger partial charge in [-0.3, -0.25) is 4.79 Å². The van der Waals surface area contributed by atoms with E-state index in [9.17, 15) is 4.79 Å². The number of Topliss-reactive ketones (excluding diaryl/α,β-unsaturated/α-hetero) is 1. The van der Waals surface area contributed by atoms with Crippen LogP contribution < -0.4 is 0 Å². The van der Waals surface area contributed by atoms with Crippen LogP contribution in [-0.4, -0.2) is 34.3 Å². The van der Waals surface area contributed by atoms with Gasteiger partial charge >= 0.3 is 0 Å². The number of imidazole rings is 1. The van der Waals surface area contributed by atoms with Gasteiger partial charge in [0, 0.05) is 37.1 Å². The normalized spacial score (nSPS) is 11.6. The fraction of sp³-hybridized carbons (Fsp3) is 0.200. The molecule has 0 aliphatic carbocycles. The van der Waals surface area contributed by atoms with Crippen LogP contribution in [0.4, 0.5) is 0 Å². The second kappa shape index (κ2) is 6.33. The van der Waals surface area contributed by atoms with Crippen LogP contribution in [0, 0.1) is 6.92 Å². The maximum atomic E-state index is 12.8. The first-order valence-corrected chi connectivity index (χ1v) is 7.03. The van der Waals surface area contributed by atoms with E-state index in [0.717, 1.165) is 5.69 Å². The quantitative estimate of drug-likeness (QED) is 0.635. The van der Waals surface area contributed by atoms with E-state index in [1.54, 1.807) is 46.4 Å². The Morgan fingerprint density at radius 3 is 2.57 bits per heavy atom. The average molecular weight is 324 g/mol. The lowest BCUT2D eigenvalue weighted by molar-refractivity contribution is 0.105. The zero-order valence-corrected chi connectivity index (χ0v) is 13.5. The number of allylic oxidation sites excluding steroid dienone is 1. The number of carbonyl (C=O) groups is 1. The molecule has 1 aromatic heterocycles. The first-order valence-electron chi connectivity index (χ1n) is 6.27. The number of aromatic nitrogens is 2. The molecule has 0 spiro atoms. The first kappa shape index (κ1) is 15.6. The maximum absolute atomic E-state index is 12.8. The summed E-state index contributed by atoms with van der Waals surface area (Å²) in [5.74, 6) is -0.192. The van der Waals surface area contributed by atoms with Crippen LogP contribution >= 0.6 is 23.2 Å². The van der Waals surface area contributed by atoms with Crippen LogP contribution in [0.15, 0.2) is 36.9 Å². The number of carbonyl (C=O) groups excluding carboxylic acids is 1. The summed E-state index contributed by atoms with van der Waals surface area (Å²) in [6.45, 7) is 1.86. The highest BCUT2D eigenvalue weighted by Crippen LogP contribution is 2.25. The largest absolute Gasteiger partial charge is 0.382 e. The van der Waals surface area contributed by atoms with E-state index in [-0.39, 0.29) is 5.78 Å². The van der Waals surface area contributed by atoms with Gasteiger partial charge in [-0.1, -0.05) is 23.2 Å². The summed E-state index contributed by atoms with van der Waals surface area (Å²) in [5, 5.41) is 0.821. The molecule has 0 amide bonds. The number of ketones is 1. The Morgan fingerprint density at radius 2 is 2.05 bits per heavy atom. The Morgan fingerprint density at radius 1 is 1.33 bits per heavy atom. The Balaban J connectivity index is 2.49. The highest BCUT2D eigenvalue weighted by molar-refractivity contribution is 6.39. The molecule has 4 nitrogen and oxygen atoms in total. The van der Waals surface area contributed by atoms with E-state index >= 15 is 0 Å². The molecule has 0 bridgehead atoms. The van der Waals surface area contributed by atoms with Crippen molar-refractivity contribution >= 4 is 34.7 Å². The highest BCUT2D eigenvalue weighted by atomic mass is 35.5. The summed E-state index contributed by atoms with van der Waals surface area (Å²) in [6, 6.07) is 4.83. The van der Waals surface area contributed by atoms with Gasteiger partial charge < -0.3 is 9.47 Å². The van der Waals surface area contributed by atoms with Gasteiger partial charge in [0.25, 0.3) is 0 Å². The predicted molar refractivity (Wildman–Crippen MR) is 85.7 cm³/mol. The van der Waals surface area contributed by atoms with Crippen molar-refractivity contribution in [2.75, 3.05) is 14.1 Å². The molecule has 0 aliphatic rings. The number of aryl methyl sites for hydroxylation is 1. The van der Waals surface area contributed by atoms with Crippen LogP contribution in [0.3, 0.4) is 0 Å². The standard InChI is InChI=1S/C15H15Cl2N3O/c1-10-7-20(9-18-10)14(8-19(2)3)15(21)12-5-4-11(16)6-13(12)17/h4-9H,1-3H3. The highest BCUT2D eigenvalue weighted by Gasteiger charge is 2.18. The molecule has 1 aromatic carbocycles. The third-order valence-corrected chi connectivity index (χ3v) is 3.33. The van der Waals surface area contributed by atoms with Crippen molar-refractivity contribution in [1.82, 2.24) is 14.5 Å². The van der Waals surface area contributed by atoms with Crippen LogP contribution in [0.1, 0.15) is 16.1 Å². The third kappa shape index (κ3) is 3.65. The zero-order chi connectivity index (χ0) is 15.6. The van der Waals surface area contributed by atoms with Gasteiger partial charge in [-0.05, 0) is 25.1 Å². The van der Waals surface area contributed by atoms with E-state index in [1.807, 2.05) is 21.0 Å². The van der Waals surface area contributed by atoms with Crippen molar-refractivity contribution in [3.63, 3.8) is 0 Å². The minimum Gasteiger partial charge on any atom is -0.382 e. The minimum absolute atomic E-state index is 0.192. The van der Waals surface area contributed by atoms with Gasteiger partial charge in [-0.25, -0.2) is 4.98 Å². The molecular weight excluding hydrogens is 309 g/mol. The molecule has 110 valence electrons. The topological polar surface area (TPSA) is 38.1 Å². The van der Waals surface area contributed by atoms with Crippen molar-refractivity contribution in [2.45, 2.75) is 6.92 Å². The number of hydrogen-bond acceptors (Lipinski definition) is 3. The Labute approximate surface area is 133 Å². The molecule has 0 saturated carbocycles. The molecule has 0 saturated heterocycles. The Hall–Kier alpha value is -1.78. The van der Waals surface area contributed by atoms with Crippen molar-refractivity contribution in [2.24, 2.45) is 0 Å². The van der Waals surface area contributed by atoms with Crippen molar-refractivity contribution < 1.29 is 4.79 Å². The molecule has 2 aromatic rings. The number of halogens is 2. The van der Waals surface area contributed by atoms with Crippen LogP contribution in [0.2, 0.25) is 10.0 Å². The lowest BCUT2D eigenvalue weighted by atomic mass is 10.1. The molecule has 6 heteroatoms. The summed E-state index contributed by atoms with van der Waals surface area (Å²) in [6.07, 6.45) is 5.12. The second-order valence-electron chi connectivity index (χ2n) is 4.85. The van der Waals surface area contributed by atoms with Crippen molar-refractivity contribution in [1.29, 1.82) is 0 Å². The van der Waals surface area contributed by atoms with Gasteiger partial charge in [0.15, 0.2) is 0 Å². The predicted octanol–water partition coefficient (Wildman–Crippen LogP) is 3.74. The molecule has 0 aliphatic heterocycles. The summed E-state index contributed by atoms with van der Waals surface area (Å²) in [7, 11) is 3.70. The molecule has 0 unspecified atom stereocenters. The van der Waals surface area contributed by atoms with Crippen LogP contribution in [0.25, 0.3) is 5.70 Å². The lowest BCUT2D eigenvalue weighted by Gasteiger charge is -2.13. The number of benzene rings is 1. The van der Waals surface area contributed by atoms with Crippen molar-refractivity contribution in [3.05, 3.63) is 58.2 Å². The minimum atomic E-state index is -0.192. The lowest BCUT2D eigenvalue weighted by Crippen LogP contribution is -2.13. The molecule has 0 atom stereocenters. The number of hydrogen-bond donors (Lipinski definition) is 0. The molecule has 2 rings (SSSR count). The van der Waals surface area contributed by atoms with E-state index in [1.165, 1.54) is 0 Å². The van der Waals surface area contributed by atoms with Gasteiger partial charge in [0.05, 0.1) is 17.0 Å². The van der Waals surface area contributed by atoms with E-state index in [4.69, 9.17) is 23.2 Å².